The van der Waals surface area contributed by atoms with Crippen molar-refractivity contribution in [2.75, 3.05) is 6.54 Å². The van der Waals surface area contributed by atoms with E-state index in [-0.39, 0.29) is 10.5 Å². The molecule has 0 bridgehead atoms. The summed E-state index contributed by atoms with van der Waals surface area (Å²) in [5, 5.41) is 2.62. The van der Waals surface area contributed by atoms with E-state index >= 15 is 0 Å². The summed E-state index contributed by atoms with van der Waals surface area (Å²) in [6.07, 6.45) is 6.18. The third-order valence-electron chi connectivity index (χ3n) is 3.33. The summed E-state index contributed by atoms with van der Waals surface area (Å²) in [6.45, 7) is 0.430. The molecule has 1 aliphatic carbocycles. The van der Waals surface area contributed by atoms with Gasteiger partial charge in [0.15, 0.2) is 0 Å². The summed E-state index contributed by atoms with van der Waals surface area (Å²) in [4.78, 5) is 11.5. The Hall–Kier alpha value is -1.40. The van der Waals surface area contributed by atoms with E-state index in [1.165, 1.54) is 5.57 Å². The van der Waals surface area contributed by atoms with Crippen LogP contribution < -0.4 is 5.32 Å². The molecule has 0 unspecified atom stereocenters. The minimum Gasteiger partial charge on any atom is -0.352 e. The number of rotatable bonds is 5. The number of hydrogen-bond acceptors (Lipinski definition) is 3. The van der Waals surface area contributed by atoms with Gasteiger partial charge in [0.05, 0.1) is 10.5 Å². The maximum absolute atomic E-state index is 13.8. The molecule has 7 heteroatoms. The van der Waals surface area contributed by atoms with Crippen LogP contribution in [-0.4, -0.2) is 20.9 Å². The molecule has 4 nitrogen and oxygen atoms in total. The lowest BCUT2D eigenvalue weighted by Gasteiger charge is -2.07. The quantitative estimate of drug-likeness (QED) is 0.666. The zero-order valence-corrected chi connectivity index (χ0v) is 12.8. The Kier molecular flexibility index (Phi) is 5.00. The summed E-state index contributed by atoms with van der Waals surface area (Å²) < 4.78 is 35.9. The monoisotopic (exact) mass is 331 g/mol. The lowest BCUT2D eigenvalue weighted by molar-refractivity contribution is 0.0950. The van der Waals surface area contributed by atoms with Gasteiger partial charge >= 0.3 is 0 Å². The largest absolute Gasteiger partial charge is 0.352 e. The summed E-state index contributed by atoms with van der Waals surface area (Å²) >= 11 is 0. The molecule has 21 heavy (non-hydrogen) atoms. The predicted octanol–water partition coefficient (Wildman–Crippen LogP) is 2.98. The second-order valence-corrected chi connectivity index (χ2v) is 7.41. The SMILES string of the molecule is O=C(NCCC1=CCCC1)c1ccc(S(=O)(=O)Cl)cc1F. The van der Waals surface area contributed by atoms with E-state index in [0.717, 1.165) is 43.9 Å². The van der Waals surface area contributed by atoms with Gasteiger partial charge in [0.1, 0.15) is 5.82 Å². The lowest BCUT2D eigenvalue weighted by Crippen LogP contribution is -2.25. The fraction of sp³-hybridized carbons (Fsp3) is 0.357. The molecule has 0 atom stereocenters. The van der Waals surface area contributed by atoms with E-state index in [1.54, 1.807) is 0 Å². The molecular formula is C14H15ClFNO3S. The first-order valence-electron chi connectivity index (χ1n) is 6.58. The second-order valence-electron chi connectivity index (χ2n) is 4.84. The van der Waals surface area contributed by atoms with Crippen LogP contribution in [0.3, 0.4) is 0 Å². The van der Waals surface area contributed by atoms with Gasteiger partial charge in [0.25, 0.3) is 15.0 Å². The van der Waals surface area contributed by atoms with Crippen LogP contribution in [0.25, 0.3) is 0 Å². The summed E-state index contributed by atoms with van der Waals surface area (Å²) in [5.41, 5.74) is 1.11. The van der Waals surface area contributed by atoms with Gasteiger partial charge in [0.2, 0.25) is 0 Å². The number of nitrogens with one attached hydrogen (secondary N) is 1. The molecule has 0 saturated carbocycles. The number of amides is 1. The van der Waals surface area contributed by atoms with Crippen molar-refractivity contribution in [1.82, 2.24) is 5.32 Å². The van der Waals surface area contributed by atoms with Crippen LogP contribution in [0, 0.1) is 5.82 Å². The van der Waals surface area contributed by atoms with E-state index in [4.69, 9.17) is 10.7 Å². The molecule has 0 heterocycles. The van der Waals surface area contributed by atoms with Crippen molar-refractivity contribution in [3.05, 3.63) is 41.2 Å². The van der Waals surface area contributed by atoms with Crippen molar-refractivity contribution in [3.8, 4) is 0 Å². The molecule has 1 N–H and O–H groups in total. The number of allylic oxidation sites excluding steroid dienone is 1. The molecule has 0 aromatic heterocycles. The van der Waals surface area contributed by atoms with Crippen LogP contribution in [0.15, 0.2) is 34.7 Å². The van der Waals surface area contributed by atoms with E-state index in [1.807, 2.05) is 0 Å². The van der Waals surface area contributed by atoms with Crippen LogP contribution in [0.4, 0.5) is 4.39 Å². The molecule has 0 spiro atoms. The molecule has 2 rings (SSSR count). The van der Waals surface area contributed by atoms with Gasteiger partial charge in [-0.15, -0.1) is 0 Å². The van der Waals surface area contributed by atoms with Gasteiger partial charge in [-0.3, -0.25) is 4.79 Å². The molecule has 1 amide bonds. The average Bonchev–Trinajstić information content (AvgIpc) is 2.90. The van der Waals surface area contributed by atoms with E-state index in [2.05, 4.69) is 11.4 Å². The van der Waals surface area contributed by atoms with Gasteiger partial charge in [-0.25, -0.2) is 12.8 Å². The molecule has 1 aromatic carbocycles. The summed E-state index contributed by atoms with van der Waals surface area (Å²) in [7, 11) is 1.11. The first-order chi connectivity index (χ1) is 9.88. The Balaban J connectivity index is 1.99. The molecular weight excluding hydrogens is 317 g/mol. The minimum atomic E-state index is -4.00. The van der Waals surface area contributed by atoms with Gasteiger partial charge in [-0.1, -0.05) is 11.6 Å². The smallest absolute Gasteiger partial charge is 0.261 e. The first kappa shape index (κ1) is 16.0. The van der Waals surface area contributed by atoms with Crippen LogP contribution in [0.5, 0.6) is 0 Å². The predicted molar refractivity (Wildman–Crippen MR) is 78.3 cm³/mol. The van der Waals surface area contributed by atoms with E-state index in [9.17, 15) is 17.6 Å². The Labute approximate surface area is 127 Å². The third kappa shape index (κ3) is 4.28. The summed E-state index contributed by atoms with van der Waals surface area (Å²) in [5.74, 6) is -1.47. The maximum Gasteiger partial charge on any atom is 0.261 e. The lowest BCUT2D eigenvalue weighted by atomic mass is 10.1. The minimum absolute atomic E-state index is 0.195. The number of hydrogen-bond donors (Lipinski definition) is 1. The third-order valence-corrected chi connectivity index (χ3v) is 4.68. The number of carbonyl (C=O) groups is 1. The van der Waals surface area contributed by atoms with Crippen LogP contribution in [0.1, 0.15) is 36.0 Å². The normalized spacial score (nSPS) is 14.9. The average molecular weight is 332 g/mol. The standard InChI is InChI=1S/C14H15ClFNO3S/c15-21(19,20)11-5-6-12(13(16)9-11)14(18)17-8-7-10-3-1-2-4-10/h3,5-6,9H,1-2,4,7-8H2,(H,17,18). The Morgan fingerprint density at radius 1 is 1.38 bits per heavy atom. The Morgan fingerprint density at radius 2 is 2.14 bits per heavy atom. The van der Waals surface area contributed by atoms with Gasteiger partial charge in [-0.2, -0.15) is 0 Å². The molecule has 0 saturated heterocycles. The Bertz CT molecular complexity index is 685. The highest BCUT2D eigenvalue weighted by Gasteiger charge is 2.17. The molecule has 0 radical (unpaired) electrons. The fourth-order valence-corrected chi connectivity index (χ4v) is 2.99. The number of halogens is 2. The highest BCUT2D eigenvalue weighted by molar-refractivity contribution is 8.13. The number of carbonyl (C=O) groups excluding carboxylic acids is 1. The molecule has 0 fully saturated rings. The molecule has 1 aliphatic rings. The van der Waals surface area contributed by atoms with Crippen molar-refractivity contribution < 1.29 is 17.6 Å². The maximum atomic E-state index is 13.8. The van der Waals surface area contributed by atoms with Gasteiger partial charge in [-0.05, 0) is 43.9 Å². The Morgan fingerprint density at radius 3 is 2.71 bits per heavy atom. The van der Waals surface area contributed by atoms with Crippen LogP contribution >= 0.6 is 10.7 Å². The highest BCUT2D eigenvalue weighted by atomic mass is 35.7. The van der Waals surface area contributed by atoms with E-state index < -0.39 is 20.8 Å². The van der Waals surface area contributed by atoms with Crippen molar-refractivity contribution in [1.29, 1.82) is 0 Å². The zero-order chi connectivity index (χ0) is 15.5. The van der Waals surface area contributed by atoms with Gasteiger partial charge in [0, 0.05) is 17.2 Å². The van der Waals surface area contributed by atoms with Crippen LogP contribution in [0.2, 0.25) is 0 Å². The number of benzene rings is 1. The van der Waals surface area contributed by atoms with Crippen molar-refractivity contribution in [2.45, 2.75) is 30.6 Å². The zero-order valence-electron chi connectivity index (χ0n) is 11.2. The first-order valence-corrected chi connectivity index (χ1v) is 8.89. The summed E-state index contributed by atoms with van der Waals surface area (Å²) in [6, 6.07) is 2.98. The van der Waals surface area contributed by atoms with Crippen molar-refractivity contribution in [3.63, 3.8) is 0 Å². The molecule has 114 valence electrons. The fourth-order valence-electron chi connectivity index (χ4n) is 2.23. The molecule has 0 aliphatic heterocycles. The van der Waals surface area contributed by atoms with Gasteiger partial charge < -0.3 is 5.32 Å². The second kappa shape index (κ2) is 6.58. The van der Waals surface area contributed by atoms with E-state index in [0.29, 0.717) is 6.54 Å². The molecule has 1 aromatic rings. The highest BCUT2D eigenvalue weighted by Crippen LogP contribution is 2.20. The van der Waals surface area contributed by atoms with Crippen LogP contribution in [-0.2, 0) is 9.05 Å². The topological polar surface area (TPSA) is 63.2 Å². The van der Waals surface area contributed by atoms with Crippen molar-refractivity contribution >= 4 is 25.6 Å². The van der Waals surface area contributed by atoms with Crippen molar-refractivity contribution in [2.24, 2.45) is 0 Å².